The van der Waals surface area contributed by atoms with Gasteiger partial charge in [-0.1, -0.05) is 41.4 Å². The highest BCUT2D eigenvalue weighted by molar-refractivity contribution is 7.92. The summed E-state index contributed by atoms with van der Waals surface area (Å²) in [4.78, 5) is 27.1. The molecule has 0 spiro atoms. The van der Waals surface area contributed by atoms with Crippen molar-refractivity contribution in [2.75, 3.05) is 23.7 Å². The van der Waals surface area contributed by atoms with Crippen molar-refractivity contribution in [3.05, 3.63) is 64.4 Å². The van der Waals surface area contributed by atoms with Crippen LogP contribution in [0.2, 0.25) is 5.02 Å². The third-order valence-electron chi connectivity index (χ3n) is 4.86. The van der Waals surface area contributed by atoms with Gasteiger partial charge >= 0.3 is 0 Å². The first kappa shape index (κ1) is 25.6. The third kappa shape index (κ3) is 6.67. The van der Waals surface area contributed by atoms with Gasteiger partial charge in [0.2, 0.25) is 21.8 Å². The average Bonchev–Trinajstić information content (AvgIpc) is 2.72. The van der Waals surface area contributed by atoms with Gasteiger partial charge < -0.3 is 10.2 Å². The van der Waals surface area contributed by atoms with Gasteiger partial charge in [0.05, 0.1) is 17.0 Å². The fraction of sp³-hybridized carbons (Fsp3) is 0.364. The minimum absolute atomic E-state index is 0.0493. The number of carbonyl (C=O) groups is 2. The molecule has 0 unspecified atom stereocenters. The molecule has 2 aromatic rings. The molecule has 32 heavy (non-hydrogen) atoms. The van der Waals surface area contributed by atoms with Gasteiger partial charge in [-0.2, -0.15) is 0 Å². The highest BCUT2D eigenvalue weighted by Crippen LogP contribution is 2.25. The second-order valence-electron chi connectivity index (χ2n) is 7.45. The number of hydrogen-bond acceptors (Lipinski definition) is 4. The second-order valence-corrected chi connectivity index (χ2v) is 9.76. The molecule has 2 rings (SSSR count). The number of anilines is 1. The van der Waals surface area contributed by atoms with Crippen molar-refractivity contribution >= 4 is 39.1 Å². The number of nitrogens with zero attached hydrogens (tertiary/aromatic N) is 2. The van der Waals surface area contributed by atoms with E-state index < -0.39 is 34.3 Å². The molecule has 0 aromatic heterocycles. The molecule has 0 aliphatic heterocycles. The molecule has 0 bridgehead atoms. The molecule has 0 saturated carbocycles. The SMILES string of the molecule is CCNC(=O)[C@H](C)N(Cc1ccc(C)cc1)C(=O)CN(c1ccc(F)c(Cl)c1)S(C)(=O)=O. The van der Waals surface area contributed by atoms with E-state index >= 15 is 0 Å². The summed E-state index contributed by atoms with van der Waals surface area (Å²) in [5, 5.41) is 2.41. The van der Waals surface area contributed by atoms with Crippen LogP contribution in [-0.2, 0) is 26.2 Å². The Kier molecular flexibility index (Phi) is 8.63. The van der Waals surface area contributed by atoms with E-state index in [0.29, 0.717) is 6.54 Å². The van der Waals surface area contributed by atoms with Gasteiger partial charge in [-0.15, -0.1) is 0 Å². The zero-order chi connectivity index (χ0) is 24.1. The highest BCUT2D eigenvalue weighted by Gasteiger charge is 2.30. The van der Waals surface area contributed by atoms with Gasteiger partial charge in [0.15, 0.2) is 0 Å². The molecule has 0 aliphatic carbocycles. The van der Waals surface area contributed by atoms with Crippen molar-refractivity contribution in [2.24, 2.45) is 0 Å². The largest absolute Gasteiger partial charge is 0.355 e. The first-order chi connectivity index (χ1) is 14.9. The summed E-state index contributed by atoms with van der Waals surface area (Å²) in [6, 6.07) is 10.0. The summed E-state index contributed by atoms with van der Waals surface area (Å²) < 4.78 is 39.3. The Balaban J connectivity index is 2.39. The topological polar surface area (TPSA) is 86.8 Å². The van der Waals surface area contributed by atoms with Gasteiger partial charge in [-0.3, -0.25) is 13.9 Å². The van der Waals surface area contributed by atoms with E-state index in [2.05, 4.69) is 5.32 Å². The van der Waals surface area contributed by atoms with E-state index in [9.17, 15) is 22.4 Å². The van der Waals surface area contributed by atoms with Crippen LogP contribution < -0.4 is 9.62 Å². The molecule has 2 amide bonds. The molecule has 0 radical (unpaired) electrons. The van der Waals surface area contributed by atoms with Crippen LogP contribution in [0.5, 0.6) is 0 Å². The lowest BCUT2D eigenvalue weighted by Gasteiger charge is -2.31. The van der Waals surface area contributed by atoms with Gasteiger partial charge in [0.25, 0.3) is 0 Å². The van der Waals surface area contributed by atoms with Gasteiger partial charge in [-0.05, 0) is 44.5 Å². The summed E-state index contributed by atoms with van der Waals surface area (Å²) in [5.74, 6) is -1.65. The lowest BCUT2D eigenvalue weighted by atomic mass is 10.1. The maximum Gasteiger partial charge on any atom is 0.244 e. The molecule has 0 heterocycles. The third-order valence-corrected chi connectivity index (χ3v) is 6.29. The summed E-state index contributed by atoms with van der Waals surface area (Å²) in [7, 11) is -3.91. The fourth-order valence-corrected chi connectivity index (χ4v) is 4.06. The first-order valence-corrected chi connectivity index (χ1v) is 12.2. The van der Waals surface area contributed by atoms with Crippen LogP contribution in [0.1, 0.15) is 25.0 Å². The number of nitrogens with one attached hydrogen (secondary N) is 1. The number of benzene rings is 2. The molecule has 0 saturated heterocycles. The van der Waals surface area contributed by atoms with Crippen molar-refractivity contribution in [3.63, 3.8) is 0 Å². The second kappa shape index (κ2) is 10.8. The van der Waals surface area contributed by atoms with Gasteiger partial charge in [0, 0.05) is 13.1 Å². The van der Waals surface area contributed by atoms with Crippen LogP contribution in [0.25, 0.3) is 0 Å². The number of sulfonamides is 1. The Morgan fingerprint density at radius 3 is 2.31 bits per heavy atom. The molecule has 2 aromatic carbocycles. The number of amides is 2. The van der Waals surface area contributed by atoms with Crippen molar-refractivity contribution in [1.82, 2.24) is 10.2 Å². The number of hydrogen-bond donors (Lipinski definition) is 1. The predicted octanol–water partition coefficient (Wildman–Crippen LogP) is 3.11. The average molecular weight is 484 g/mol. The Labute approximate surface area is 193 Å². The Morgan fingerprint density at radius 1 is 1.16 bits per heavy atom. The lowest BCUT2D eigenvalue weighted by Crippen LogP contribution is -2.51. The summed E-state index contributed by atoms with van der Waals surface area (Å²) in [5.41, 5.74) is 1.88. The van der Waals surface area contributed by atoms with E-state index in [1.807, 2.05) is 31.2 Å². The fourth-order valence-electron chi connectivity index (χ4n) is 3.05. The first-order valence-electron chi connectivity index (χ1n) is 9.99. The molecule has 1 atom stereocenters. The smallest absolute Gasteiger partial charge is 0.244 e. The molecule has 1 N–H and O–H groups in total. The van der Waals surface area contributed by atoms with Gasteiger partial charge in [0.1, 0.15) is 18.4 Å². The zero-order valence-electron chi connectivity index (χ0n) is 18.4. The van der Waals surface area contributed by atoms with Crippen LogP contribution in [0, 0.1) is 12.7 Å². The highest BCUT2D eigenvalue weighted by atomic mass is 35.5. The summed E-state index contributed by atoms with van der Waals surface area (Å²) in [6.45, 7) is 5.20. The molecule has 10 heteroatoms. The van der Waals surface area contributed by atoms with Crippen LogP contribution in [0.3, 0.4) is 0 Å². The molecule has 174 valence electrons. The zero-order valence-corrected chi connectivity index (χ0v) is 20.0. The van der Waals surface area contributed by atoms with Crippen LogP contribution in [0.15, 0.2) is 42.5 Å². The maximum atomic E-state index is 13.6. The normalized spacial score (nSPS) is 12.2. The minimum atomic E-state index is -3.91. The van der Waals surface area contributed by atoms with Crippen molar-refractivity contribution < 1.29 is 22.4 Å². The Bertz CT molecular complexity index is 1080. The quantitative estimate of drug-likeness (QED) is 0.593. The molecule has 0 aliphatic rings. The molecular formula is C22H27ClFN3O4S. The van der Waals surface area contributed by atoms with E-state index in [-0.39, 0.29) is 23.2 Å². The monoisotopic (exact) mass is 483 g/mol. The lowest BCUT2D eigenvalue weighted by molar-refractivity contribution is -0.139. The number of aryl methyl sites for hydroxylation is 1. The van der Waals surface area contributed by atoms with E-state index in [1.165, 1.54) is 11.0 Å². The standard InChI is InChI=1S/C22H27ClFN3O4S/c1-5-25-22(29)16(3)26(13-17-8-6-15(2)7-9-17)21(28)14-27(32(4,30)31)18-10-11-20(24)19(23)12-18/h6-12,16H,5,13-14H2,1-4H3,(H,25,29)/t16-/m0/s1. The Morgan fingerprint density at radius 2 is 1.78 bits per heavy atom. The number of halogens is 2. The maximum absolute atomic E-state index is 13.6. The van der Waals surface area contributed by atoms with E-state index in [0.717, 1.165) is 33.8 Å². The van der Waals surface area contributed by atoms with E-state index in [1.54, 1.807) is 13.8 Å². The van der Waals surface area contributed by atoms with Gasteiger partial charge in [-0.25, -0.2) is 12.8 Å². The predicted molar refractivity (Wildman–Crippen MR) is 123 cm³/mol. The van der Waals surface area contributed by atoms with E-state index in [4.69, 9.17) is 11.6 Å². The number of likely N-dealkylation sites (N-methyl/N-ethyl adjacent to an activating group) is 1. The van der Waals surface area contributed by atoms with Crippen molar-refractivity contribution in [1.29, 1.82) is 0 Å². The Hall–Kier alpha value is -2.65. The number of carbonyl (C=O) groups excluding carboxylic acids is 2. The molecule has 0 fully saturated rings. The summed E-state index contributed by atoms with van der Waals surface area (Å²) >= 11 is 5.81. The number of rotatable bonds is 9. The van der Waals surface area contributed by atoms with Crippen molar-refractivity contribution in [3.8, 4) is 0 Å². The van der Waals surface area contributed by atoms with Crippen LogP contribution in [0.4, 0.5) is 10.1 Å². The summed E-state index contributed by atoms with van der Waals surface area (Å²) in [6.07, 6.45) is 0.940. The minimum Gasteiger partial charge on any atom is -0.355 e. The molecular weight excluding hydrogens is 457 g/mol. The van der Waals surface area contributed by atoms with Crippen LogP contribution in [-0.4, -0.2) is 50.5 Å². The van der Waals surface area contributed by atoms with Crippen molar-refractivity contribution in [2.45, 2.75) is 33.4 Å². The molecule has 7 nitrogen and oxygen atoms in total. The van der Waals surface area contributed by atoms with Crippen LogP contribution >= 0.6 is 11.6 Å².